The number of carbonyl (C=O) groups excluding carboxylic acids is 1. The number of halogens is 1. The summed E-state index contributed by atoms with van der Waals surface area (Å²) in [5.74, 6) is 0.209. The van der Waals surface area contributed by atoms with Gasteiger partial charge in [0.1, 0.15) is 0 Å². The molecule has 0 unspecified atom stereocenters. The van der Waals surface area contributed by atoms with Crippen LogP contribution in [0.1, 0.15) is 30.1 Å². The van der Waals surface area contributed by atoms with E-state index in [1.165, 1.54) is 12.8 Å². The van der Waals surface area contributed by atoms with Gasteiger partial charge >= 0.3 is 0 Å². The fourth-order valence-corrected chi connectivity index (χ4v) is 2.40. The summed E-state index contributed by atoms with van der Waals surface area (Å²) in [6.45, 7) is 3.62. The highest BCUT2D eigenvalue weighted by Crippen LogP contribution is 2.27. The number of nitrogens with zero attached hydrogens (tertiary/aromatic N) is 1. The average molecular weight is 282 g/mol. The van der Waals surface area contributed by atoms with Crippen molar-refractivity contribution < 1.29 is 4.79 Å². The molecule has 1 fully saturated rings. The van der Waals surface area contributed by atoms with Gasteiger partial charge in [-0.25, -0.2) is 0 Å². The molecule has 1 aliphatic rings. The Morgan fingerprint density at radius 2 is 2.12 bits per heavy atom. The Kier molecular flexibility index (Phi) is 3.77. The average Bonchev–Trinajstić information content (AvgIpc) is 3.10. The molecule has 0 bridgehead atoms. The molecule has 2 nitrogen and oxygen atoms in total. The monoisotopic (exact) mass is 281 g/mol. The lowest BCUT2D eigenvalue weighted by Gasteiger charge is -2.18. The van der Waals surface area contributed by atoms with Gasteiger partial charge in [-0.3, -0.25) is 9.69 Å². The molecule has 3 heteroatoms. The van der Waals surface area contributed by atoms with Crippen LogP contribution in [0, 0.1) is 0 Å². The van der Waals surface area contributed by atoms with Crippen LogP contribution in [0.3, 0.4) is 0 Å². The summed E-state index contributed by atoms with van der Waals surface area (Å²) < 4.78 is 0.895. The molecular weight excluding hydrogens is 266 g/mol. The number of benzene rings is 1. The first-order chi connectivity index (χ1) is 7.72. The third-order valence-corrected chi connectivity index (χ3v) is 3.68. The Labute approximate surface area is 105 Å². The molecule has 1 aromatic carbocycles. The predicted octanol–water partition coefficient (Wildman–Crippen LogP) is 3.12. The Morgan fingerprint density at radius 1 is 1.44 bits per heavy atom. The maximum Gasteiger partial charge on any atom is 0.177 e. The van der Waals surface area contributed by atoms with E-state index < -0.39 is 0 Å². The van der Waals surface area contributed by atoms with Crippen molar-refractivity contribution in [3.63, 3.8) is 0 Å². The minimum atomic E-state index is 0.209. The molecule has 2 rings (SSSR count). The highest BCUT2D eigenvalue weighted by molar-refractivity contribution is 9.10. The molecule has 1 aromatic rings. The highest BCUT2D eigenvalue weighted by atomic mass is 79.9. The molecular formula is C13H16BrNO. The topological polar surface area (TPSA) is 20.3 Å². The van der Waals surface area contributed by atoms with E-state index >= 15 is 0 Å². The van der Waals surface area contributed by atoms with Gasteiger partial charge < -0.3 is 0 Å². The maximum atomic E-state index is 12.1. The normalized spacial score (nSPS) is 15.4. The number of carbonyl (C=O) groups is 1. The van der Waals surface area contributed by atoms with Crippen LogP contribution in [0.4, 0.5) is 0 Å². The van der Waals surface area contributed by atoms with Crippen molar-refractivity contribution in [2.24, 2.45) is 0 Å². The Morgan fingerprint density at radius 3 is 2.69 bits per heavy atom. The molecule has 0 spiro atoms. The second kappa shape index (κ2) is 5.11. The summed E-state index contributed by atoms with van der Waals surface area (Å²) in [6, 6.07) is 8.29. The molecule has 1 aliphatic carbocycles. The third kappa shape index (κ3) is 2.71. The molecule has 0 aliphatic heterocycles. The smallest absolute Gasteiger partial charge is 0.177 e. The largest absolute Gasteiger partial charge is 0.293 e. The molecule has 0 atom stereocenters. The van der Waals surface area contributed by atoms with Crippen LogP contribution < -0.4 is 0 Å². The summed E-state index contributed by atoms with van der Waals surface area (Å²) in [4.78, 5) is 14.4. The number of rotatable bonds is 5. The number of likely N-dealkylation sites (N-methyl/N-ethyl adjacent to an activating group) is 1. The lowest BCUT2D eigenvalue weighted by Crippen LogP contribution is -2.31. The Balaban J connectivity index is 2.04. The third-order valence-electron chi connectivity index (χ3n) is 2.99. The number of ketones is 1. The molecule has 0 N–H and O–H groups in total. The van der Waals surface area contributed by atoms with Crippen LogP contribution >= 0.6 is 15.9 Å². The van der Waals surface area contributed by atoms with Crippen molar-refractivity contribution >= 4 is 21.7 Å². The molecule has 0 amide bonds. The first kappa shape index (κ1) is 11.8. The molecule has 16 heavy (non-hydrogen) atoms. The van der Waals surface area contributed by atoms with E-state index in [1.807, 2.05) is 24.3 Å². The van der Waals surface area contributed by atoms with Gasteiger partial charge in [0.15, 0.2) is 5.78 Å². The second-order valence-corrected chi connectivity index (χ2v) is 5.05. The molecule has 1 saturated carbocycles. The summed E-state index contributed by atoms with van der Waals surface area (Å²) in [6.07, 6.45) is 2.49. The molecule has 0 aromatic heterocycles. The molecule has 0 heterocycles. The van der Waals surface area contributed by atoms with Crippen LogP contribution in [-0.4, -0.2) is 29.8 Å². The second-order valence-electron chi connectivity index (χ2n) is 4.20. The lowest BCUT2D eigenvalue weighted by molar-refractivity contribution is 0.0928. The van der Waals surface area contributed by atoms with Crippen molar-refractivity contribution in [1.29, 1.82) is 0 Å². The van der Waals surface area contributed by atoms with Gasteiger partial charge in [-0.2, -0.15) is 0 Å². The zero-order valence-corrected chi connectivity index (χ0v) is 11.0. The van der Waals surface area contributed by atoms with Crippen molar-refractivity contribution in [1.82, 2.24) is 4.90 Å². The predicted molar refractivity (Wildman–Crippen MR) is 68.7 cm³/mol. The van der Waals surface area contributed by atoms with Gasteiger partial charge in [0.25, 0.3) is 0 Å². The van der Waals surface area contributed by atoms with E-state index in [1.54, 1.807) is 0 Å². The van der Waals surface area contributed by atoms with E-state index in [2.05, 4.69) is 27.8 Å². The van der Waals surface area contributed by atoms with Crippen LogP contribution in [0.15, 0.2) is 28.7 Å². The van der Waals surface area contributed by atoms with Crippen LogP contribution in [0.25, 0.3) is 0 Å². The van der Waals surface area contributed by atoms with Crippen LogP contribution in [0.5, 0.6) is 0 Å². The van der Waals surface area contributed by atoms with Gasteiger partial charge in [-0.05, 0) is 25.5 Å². The quantitative estimate of drug-likeness (QED) is 0.773. The van der Waals surface area contributed by atoms with Crippen molar-refractivity contribution in [2.45, 2.75) is 25.8 Å². The SMILES string of the molecule is CCN(CC(=O)c1ccccc1Br)C1CC1. The van der Waals surface area contributed by atoms with Crippen molar-refractivity contribution in [3.8, 4) is 0 Å². The number of hydrogen-bond acceptors (Lipinski definition) is 2. The highest BCUT2D eigenvalue weighted by Gasteiger charge is 2.29. The van der Waals surface area contributed by atoms with Gasteiger partial charge in [0.2, 0.25) is 0 Å². The fourth-order valence-electron chi connectivity index (χ4n) is 1.90. The zero-order valence-electron chi connectivity index (χ0n) is 9.45. The first-order valence-corrected chi connectivity index (χ1v) is 6.53. The Hall–Kier alpha value is -0.670. The molecule has 0 saturated heterocycles. The number of hydrogen-bond donors (Lipinski definition) is 0. The standard InChI is InChI=1S/C13H16BrNO/c1-2-15(10-7-8-10)9-13(16)11-5-3-4-6-12(11)14/h3-6,10H,2,7-9H2,1H3. The van der Waals surface area contributed by atoms with Gasteiger partial charge in [-0.1, -0.05) is 41.1 Å². The molecule has 0 radical (unpaired) electrons. The van der Waals surface area contributed by atoms with E-state index in [4.69, 9.17) is 0 Å². The first-order valence-electron chi connectivity index (χ1n) is 5.74. The van der Waals surface area contributed by atoms with Crippen LogP contribution in [0.2, 0.25) is 0 Å². The summed E-state index contributed by atoms with van der Waals surface area (Å²) in [5.41, 5.74) is 0.793. The Bertz CT molecular complexity index is 387. The van der Waals surface area contributed by atoms with E-state index in [0.717, 1.165) is 16.6 Å². The van der Waals surface area contributed by atoms with Crippen LogP contribution in [-0.2, 0) is 0 Å². The lowest BCUT2D eigenvalue weighted by atomic mass is 10.1. The number of Topliss-reactive ketones (excluding diaryl/α,β-unsaturated/α-hetero) is 1. The summed E-state index contributed by atoms with van der Waals surface area (Å²) in [5, 5.41) is 0. The zero-order chi connectivity index (χ0) is 11.5. The maximum absolute atomic E-state index is 12.1. The minimum absolute atomic E-state index is 0.209. The fraction of sp³-hybridized carbons (Fsp3) is 0.462. The van der Waals surface area contributed by atoms with Crippen molar-refractivity contribution in [3.05, 3.63) is 34.3 Å². The van der Waals surface area contributed by atoms with E-state index in [9.17, 15) is 4.79 Å². The van der Waals surface area contributed by atoms with E-state index in [-0.39, 0.29) is 5.78 Å². The summed E-state index contributed by atoms with van der Waals surface area (Å²) >= 11 is 3.42. The van der Waals surface area contributed by atoms with Gasteiger partial charge in [0, 0.05) is 16.1 Å². The van der Waals surface area contributed by atoms with Gasteiger partial charge in [-0.15, -0.1) is 0 Å². The van der Waals surface area contributed by atoms with Gasteiger partial charge in [0.05, 0.1) is 6.54 Å². The van der Waals surface area contributed by atoms with E-state index in [0.29, 0.717) is 12.6 Å². The minimum Gasteiger partial charge on any atom is -0.293 e. The summed E-state index contributed by atoms with van der Waals surface area (Å²) in [7, 11) is 0. The van der Waals surface area contributed by atoms with Crippen molar-refractivity contribution in [2.75, 3.05) is 13.1 Å². The molecule has 86 valence electrons.